The van der Waals surface area contributed by atoms with E-state index in [2.05, 4.69) is 10.9 Å². The molecule has 1 aromatic heterocycles. The third-order valence-electron chi connectivity index (χ3n) is 3.06. The first kappa shape index (κ1) is 11.3. The second kappa shape index (κ2) is 4.47. The van der Waals surface area contributed by atoms with E-state index in [1.54, 1.807) is 12.1 Å². The van der Waals surface area contributed by atoms with Gasteiger partial charge in [-0.3, -0.25) is 0 Å². The number of para-hydroxylation sites is 1. The summed E-state index contributed by atoms with van der Waals surface area (Å²) in [4.78, 5) is 4.59. The Hall–Kier alpha value is -2.79. The van der Waals surface area contributed by atoms with Crippen molar-refractivity contribution in [3.8, 4) is 29.4 Å². The highest BCUT2D eigenvalue weighted by Gasteiger charge is 2.09. The lowest BCUT2D eigenvalue weighted by Gasteiger charge is -2.07. The molecule has 0 atom stereocenters. The topological polar surface area (TPSA) is 33.1 Å². The van der Waals surface area contributed by atoms with Crippen LogP contribution in [0.25, 0.3) is 22.2 Å². The van der Waals surface area contributed by atoms with Gasteiger partial charge in [-0.1, -0.05) is 42.3 Å². The molecule has 19 heavy (non-hydrogen) atoms. The molecule has 2 heteroatoms. The first-order valence-corrected chi connectivity index (χ1v) is 5.94. The monoisotopic (exact) mass is 245 g/mol. The third kappa shape index (κ3) is 1.92. The van der Waals surface area contributed by atoms with Crippen molar-refractivity contribution in [1.29, 1.82) is 0 Å². The molecule has 1 N–H and O–H groups in total. The smallest absolute Gasteiger partial charge is 0.131 e. The molecule has 0 spiro atoms. The van der Waals surface area contributed by atoms with Gasteiger partial charge in [-0.2, -0.15) is 0 Å². The predicted molar refractivity (Wildman–Crippen MR) is 76.8 cm³/mol. The number of rotatable bonds is 1. The molecule has 0 aliphatic rings. The molecule has 0 unspecified atom stereocenters. The van der Waals surface area contributed by atoms with Crippen LogP contribution in [0.5, 0.6) is 5.75 Å². The molecule has 2 aromatic carbocycles. The molecule has 0 fully saturated rings. The van der Waals surface area contributed by atoms with Gasteiger partial charge in [0.05, 0.1) is 16.8 Å². The predicted octanol–water partition coefficient (Wildman–Crippen LogP) is 3.59. The van der Waals surface area contributed by atoms with E-state index in [0.717, 1.165) is 22.2 Å². The highest BCUT2D eigenvalue weighted by Crippen LogP contribution is 2.29. The van der Waals surface area contributed by atoms with Gasteiger partial charge in [0.15, 0.2) is 0 Å². The largest absolute Gasteiger partial charge is 0.507 e. The first-order valence-electron chi connectivity index (χ1n) is 5.94. The number of benzene rings is 2. The van der Waals surface area contributed by atoms with Gasteiger partial charge in [-0.25, -0.2) is 4.98 Å². The van der Waals surface area contributed by atoms with Crippen LogP contribution in [0.3, 0.4) is 0 Å². The zero-order chi connectivity index (χ0) is 13.2. The van der Waals surface area contributed by atoms with Gasteiger partial charge in [0.1, 0.15) is 5.75 Å². The Morgan fingerprint density at radius 2 is 1.79 bits per heavy atom. The van der Waals surface area contributed by atoms with Crippen molar-refractivity contribution in [2.24, 2.45) is 0 Å². The SMILES string of the molecule is C#Cc1c(O)cccc1-c1ccc2ccccc2n1. The van der Waals surface area contributed by atoms with Gasteiger partial charge in [-0.05, 0) is 18.2 Å². The van der Waals surface area contributed by atoms with Crippen LogP contribution < -0.4 is 0 Å². The standard InChI is InChI=1S/C17H11NO/c1-2-13-14(7-5-9-17(13)19)16-11-10-12-6-3-4-8-15(12)18-16/h1,3-11,19H. The average Bonchev–Trinajstić information content (AvgIpc) is 2.46. The second-order valence-corrected chi connectivity index (χ2v) is 4.23. The van der Waals surface area contributed by atoms with Gasteiger partial charge in [0, 0.05) is 10.9 Å². The van der Waals surface area contributed by atoms with Crippen molar-refractivity contribution < 1.29 is 5.11 Å². The first-order chi connectivity index (χ1) is 9.29. The van der Waals surface area contributed by atoms with Crippen molar-refractivity contribution in [2.75, 3.05) is 0 Å². The van der Waals surface area contributed by atoms with Gasteiger partial charge in [0.2, 0.25) is 0 Å². The molecule has 2 nitrogen and oxygen atoms in total. The summed E-state index contributed by atoms with van der Waals surface area (Å²) in [6.07, 6.45) is 5.46. The molecular weight excluding hydrogens is 234 g/mol. The van der Waals surface area contributed by atoms with Crippen molar-refractivity contribution >= 4 is 10.9 Å². The van der Waals surface area contributed by atoms with Gasteiger partial charge in [0.25, 0.3) is 0 Å². The van der Waals surface area contributed by atoms with Gasteiger partial charge in [-0.15, -0.1) is 6.42 Å². The van der Waals surface area contributed by atoms with Crippen molar-refractivity contribution in [2.45, 2.75) is 0 Å². The summed E-state index contributed by atoms with van der Waals surface area (Å²) in [6, 6.07) is 17.0. The fourth-order valence-corrected chi connectivity index (χ4v) is 2.12. The van der Waals surface area contributed by atoms with E-state index in [-0.39, 0.29) is 5.75 Å². The normalized spacial score (nSPS) is 10.3. The zero-order valence-electron chi connectivity index (χ0n) is 10.2. The van der Waals surface area contributed by atoms with Crippen LogP contribution in [-0.4, -0.2) is 10.1 Å². The van der Waals surface area contributed by atoms with Crippen LogP contribution in [0.15, 0.2) is 54.6 Å². The summed E-state index contributed by atoms with van der Waals surface area (Å²) < 4.78 is 0. The lowest BCUT2D eigenvalue weighted by molar-refractivity contribution is 0.474. The molecule has 0 aliphatic carbocycles. The summed E-state index contributed by atoms with van der Waals surface area (Å²) in [5.41, 5.74) is 2.92. The Bertz CT molecular complexity index is 800. The maximum absolute atomic E-state index is 9.80. The number of fused-ring (bicyclic) bond motifs is 1. The van der Waals surface area contributed by atoms with Crippen molar-refractivity contribution in [3.63, 3.8) is 0 Å². The number of hydrogen-bond donors (Lipinski definition) is 1. The van der Waals surface area contributed by atoms with Crippen LogP contribution in [0.4, 0.5) is 0 Å². The minimum Gasteiger partial charge on any atom is -0.507 e. The van der Waals surface area contributed by atoms with Crippen molar-refractivity contribution in [1.82, 2.24) is 4.98 Å². The number of aromatic hydroxyl groups is 1. The van der Waals surface area contributed by atoms with E-state index < -0.39 is 0 Å². The van der Waals surface area contributed by atoms with Crippen LogP contribution >= 0.6 is 0 Å². The summed E-state index contributed by atoms with van der Waals surface area (Å²) >= 11 is 0. The Labute approximate surface area is 111 Å². The highest BCUT2D eigenvalue weighted by molar-refractivity contribution is 5.83. The summed E-state index contributed by atoms with van der Waals surface area (Å²) in [5, 5.41) is 10.9. The minimum absolute atomic E-state index is 0.106. The number of nitrogens with zero attached hydrogens (tertiary/aromatic N) is 1. The van der Waals surface area contributed by atoms with Crippen LogP contribution in [0.2, 0.25) is 0 Å². The van der Waals surface area contributed by atoms with Gasteiger partial charge >= 0.3 is 0 Å². The van der Waals surface area contributed by atoms with Crippen LogP contribution in [0, 0.1) is 12.3 Å². The Morgan fingerprint density at radius 1 is 0.947 bits per heavy atom. The molecule has 0 radical (unpaired) electrons. The molecule has 1 heterocycles. The maximum Gasteiger partial charge on any atom is 0.131 e. The third-order valence-corrected chi connectivity index (χ3v) is 3.06. The summed E-state index contributed by atoms with van der Waals surface area (Å²) in [7, 11) is 0. The van der Waals surface area contributed by atoms with E-state index in [9.17, 15) is 5.11 Å². The maximum atomic E-state index is 9.80. The molecule has 3 aromatic rings. The molecule has 0 amide bonds. The fraction of sp³-hybridized carbons (Fsp3) is 0. The van der Waals surface area contributed by atoms with E-state index in [4.69, 9.17) is 6.42 Å². The van der Waals surface area contributed by atoms with Gasteiger partial charge < -0.3 is 5.11 Å². The fourth-order valence-electron chi connectivity index (χ4n) is 2.12. The van der Waals surface area contributed by atoms with E-state index >= 15 is 0 Å². The molecule has 0 saturated heterocycles. The Morgan fingerprint density at radius 3 is 2.63 bits per heavy atom. The molecule has 0 aliphatic heterocycles. The lowest BCUT2D eigenvalue weighted by atomic mass is 10.0. The molecular formula is C17H11NO. The molecule has 3 rings (SSSR count). The Kier molecular flexibility index (Phi) is 2.66. The lowest BCUT2D eigenvalue weighted by Crippen LogP contribution is -1.89. The number of pyridine rings is 1. The number of phenols is 1. The minimum atomic E-state index is 0.106. The quantitative estimate of drug-likeness (QED) is 0.665. The molecule has 0 bridgehead atoms. The van der Waals surface area contributed by atoms with E-state index in [1.165, 1.54) is 0 Å². The summed E-state index contributed by atoms with van der Waals surface area (Å²) in [6.45, 7) is 0. The zero-order valence-corrected chi connectivity index (χ0v) is 10.2. The number of terminal acetylenes is 1. The molecule has 90 valence electrons. The van der Waals surface area contributed by atoms with E-state index in [0.29, 0.717) is 5.56 Å². The highest BCUT2D eigenvalue weighted by atomic mass is 16.3. The average molecular weight is 245 g/mol. The van der Waals surface area contributed by atoms with Crippen LogP contribution in [-0.2, 0) is 0 Å². The van der Waals surface area contributed by atoms with E-state index in [1.807, 2.05) is 42.5 Å². The second-order valence-electron chi connectivity index (χ2n) is 4.23. The number of hydrogen-bond acceptors (Lipinski definition) is 2. The number of aromatic nitrogens is 1. The van der Waals surface area contributed by atoms with Crippen LogP contribution in [0.1, 0.15) is 5.56 Å². The van der Waals surface area contributed by atoms with Crippen molar-refractivity contribution in [3.05, 3.63) is 60.2 Å². The summed E-state index contributed by atoms with van der Waals surface area (Å²) in [5.74, 6) is 2.63. The molecule has 0 saturated carbocycles. The Balaban J connectivity index is 2.25. The number of phenolic OH excluding ortho intramolecular Hbond substituents is 1.